The molecule has 1 aliphatic heterocycles. The van der Waals surface area contributed by atoms with Gasteiger partial charge in [-0.25, -0.2) is 22.0 Å². The van der Waals surface area contributed by atoms with Gasteiger partial charge in [0.25, 0.3) is 0 Å². The van der Waals surface area contributed by atoms with Crippen molar-refractivity contribution in [2.75, 3.05) is 13.1 Å². The van der Waals surface area contributed by atoms with E-state index in [-0.39, 0.29) is 24.9 Å². The number of nitrogens with zero attached hydrogens (tertiary/aromatic N) is 1. The molecule has 0 saturated carbocycles. The van der Waals surface area contributed by atoms with Crippen LogP contribution in [-0.2, 0) is 10.0 Å². The minimum Gasteiger partial charge on any atom is -0.477 e. The van der Waals surface area contributed by atoms with Crippen LogP contribution in [0.2, 0.25) is 0 Å². The largest absolute Gasteiger partial charge is 0.477 e. The normalized spacial score (nSPS) is 23.5. The first-order valence-corrected chi connectivity index (χ1v) is 8.30. The number of halogens is 2. The van der Waals surface area contributed by atoms with Crippen molar-refractivity contribution in [1.82, 2.24) is 4.31 Å². The van der Waals surface area contributed by atoms with E-state index in [4.69, 9.17) is 5.11 Å². The molecule has 8 heteroatoms. The fourth-order valence-electron chi connectivity index (χ4n) is 2.87. The maximum absolute atomic E-state index is 14.2. The molecule has 0 radical (unpaired) electrons. The number of carboxylic acids is 1. The molecule has 5 nitrogen and oxygen atoms in total. The number of carbonyl (C=O) groups is 1. The van der Waals surface area contributed by atoms with Crippen LogP contribution in [0, 0.1) is 23.5 Å². The van der Waals surface area contributed by atoms with Gasteiger partial charge in [-0.15, -0.1) is 0 Å². The maximum Gasteiger partial charge on any atom is 0.341 e. The summed E-state index contributed by atoms with van der Waals surface area (Å²) in [5.41, 5.74) is -1.25. The lowest BCUT2D eigenvalue weighted by molar-refractivity contribution is 0.0685. The van der Waals surface area contributed by atoms with E-state index < -0.39 is 38.1 Å². The van der Waals surface area contributed by atoms with Gasteiger partial charge in [0.2, 0.25) is 10.0 Å². The van der Waals surface area contributed by atoms with Crippen LogP contribution in [0.1, 0.15) is 30.6 Å². The van der Waals surface area contributed by atoms with Gasteiger partial charge in [-0.05, 0) is 30.4 Å². The Morgan fingerprint density at radius 3 is 2.27 bits per heavy atom. The lowest BCUT2D eigenvalue weighted by Gasteiger charge is -2.34. The second kappa shape index (κ2) is 5.92. The van der Waals surface area contributed by atoms with Crippen LogP contribution < -0.4 is 0 Å². The van der Waals surface area contributed by atoms with Crippen molar-refractivity contribution >= 4 is 16.0 Å². The standard InChI is InChI=1S/C14H17F2NO4S/c1-8-5-9(2)7-17(6-8)22(20,21)11-4-3-10(15)12(13(11)16)14(18)19/h3-4,8-9H,5-7H2,1-2H3,(H,18,19). The predicted molar refractivity (Wildman–Crippen MR) is 75.0 cm³/mol. The Morgan fingerprint density at radius 2 is 1.77 bits per heavy atom. The van der Waals surface area contributed by atoms with Crippen LogP contribution in [0.25, 0.3) is 0 Å². The fourth-order valence-corrected chi connectivity index (χ4v) is 4.62. The molecule has 1 aliphatic rings. The van der Waals surface area contributed by atoms with Gasteiger partial charge in [-0.3, -0.25) is 0 Å². The quantitative estimate of drug-likeness (QED) is 0.921. The maximum atomic E-state index is 14.2. The summed E-state index contributed by atoms with van der Waals surface area (Å²) in [6.45, 7) is 4.24. The van der Waals surface area contributed by atoms with Crippen LogP contribution in [0.3, 0.4) is 0 Å². The van der Waals surface area contributed by atoms with Crippen molar-refractivity contribution in [1.29, 1.82) is 0 Å². The third kappa shape index (κ3) is 2.98. The second-order valence-electron chi connectivity index (χ2n) is 5.81. The van der Waals surface area contributed by atoms with Gasteiger partial charge in [0, 0.05) is 13.1 Å². The smallest absolute Gasteiger partial charge is 0.341 e. The third-order valence-electron chi connectivity index (χ3n) is 3.72. The molecule has 0 aromatic heterocycles. The molecular formula is C14H17F2NO4S. The lowest BCUT2D eigenvalue weighted by Crippen LogP contribution is -2.42. The van der Waals surface area contributed by atoms with E-state index in [1.54, 1.807) is 0 Å². The first-order chi connectivity index (χ1) is 10.1. The number of carboxylic acid groups (broad SMARTS) is 1. The molecule has 2 unspecified atom stereocenters. The van der Waals surface area contributed by atoms with E-state index >= 15 is 0 Å². The molecular weight excluding hydrogens is 316 g/mol. The van der Waals surface area contributed by atoms with Gasteiger partial charge in [0.15, 0.2) is 5.82 Å². The highest BCUT2D eigenvalue weighted by molar-refractivity contribution is 7.89. The van der Waals surface area contributed by atoms with Crippen LogP contribution in [-0.4, -0.2) is 36.9 Å². The van der Waals surface area contributed by atoms with Gasteiger partial charge in [0.05, 0.1) is 0 Å². The summed E-state index contributed by atoms with van der Waals surface area (Å²) in [4.78, 5) is 10.1. The van der Waals surface area contributed by atoms with Gasteiger partial charge < -0.3 is 5.11 Å². The predicted octanol–water partition coefficient (Wildman–Crippen LogP) is 2.33. The molecule has 1 aromatic rings. The summed E-state index contributed by atoms with van der Waals surface area (Å²) in [6, 6.07) is 1.44. The summed E-state index contributed by atoms with van der Waals surface area (Å²) in [6.07, 6.45) is 0.859. The first-order valence-electron chi connectivity index (χ1n) is 6.86. The minimum absolute atomic E-state index is 0.112. The Kier molecular flexibility index (Phi) is 4.53. The molecule has 122 valence electrons. The summed E-state index contributed by atoms with van der Waals surface area (Å²) in [5.74, 6) is -4.47. The van der Waals surface area contributed by atoms with Crippen molar-refractivity contribution in [3.63, 3.8) is 0 Å². The van der Waals surface area contributed by atoms with Crippen LogP contribution in [0.5, 0.6) is 0 Å². The second-order valence-corrected chi connectivity index (χ2v) is 7.71. The SMILES string of the molecule is CC1CC(C)CN(S(=O)(=O)c2ccc(F)c(C(=O)O)c2F)C1. The van der Waals surface area contributed by atoms with E-state index in [1.807, 2.05) is 13.8 Å². The summed E-state index contributed by atoms with van der Waals surface area (Å²) >= 11 is 0. The molecule has 1 fully saturated rings. The third-order valence-corrected chi connectivity index (χ3v) is 5.57. The Morgan fingerprint density at radius 1 is 1.23 bits per heavy atom. The number of hydrogen-bond donors (Lipinski definition) is 1. The Balaban J connectivity index is 2.50. The van der Waals surface area contributed by atoms with E-state index in [0.29, 0.717) is 6.07 Å². The van der Waals surface area contributed by atoms with Crippen molar-refractivity contribution in [3.05, 3.63) is 29.3 Å². The van der Waals surface area contributed by atoms with Crippen molar-refractivity contribution in [2.24, 2.45) is 11.8 Å². The molecule has 0 aliphatic carbocycles. The monoisotopic (exact) mass is 333 g/mol. The molecule has 1 heterocycles. The average Bonchev–Trinajstić information content (AvgIpc) is 2.36. The topological polar surface area (TPSA) is 74.7 Å². The van der Waals surface area contributed by atoms with E-state index in [1.165, 1.54) is 0 Å². The fraction of sp³-hybridized carbons (Fsp3) is 0.500. The zero-order valence-electron chi connectivity index (χ0n) is 12.2. The Hall–Kier alpha value is -1.54. The summed E-state index contributed by atoms with van der Waals surface area (Å²) in [5, 5.41) is 8.84. The van der Waals surface area contributed by atoms with Crippen LogP contribution >= 0.6 is 0 Å². The molecule has 0 spiro atoms. The molecule has 0 amide bonds. The van der Waals surface area contributed by atoms with Crippen LogP contribution in [0.15, 0.2) is 17.0 Å². The average molecular weight is 333 g/mol. The Bertz CT molecular complexity index is 695. The molecule has 1 aromatic carbocycles. The number of benzene rings is 1. The van der Waals surface area contributed by atoms with E-state index in [2.05, 4.69) is 0 Å². The van der Waals surface area contributed by atoms with Gasteiger partial charge in [-0.1, -0.05) is 13.8 Å². The number of rotatable bonds is 3. The van der Waals surface area contributed by atoms with Gasteiger partial charge in [0.1, 0.15) is 16.3 Å². The highest BCUT2D eigenvalue weighted by Gasteiger charge is 2.35. The molecule has 2 rings (SSSR count). The molecule has 0 bridgehead atoms. The highest BCUT2D eigenvalue weighted by atomic mass is 32.2. The molecule has 22 heavy (non-hydrogen) atoms. The first kappa shape index (κ1) is 16.8. The van der Waals surface area contributed by atoms with Crippen molar-refractivity contribution < 1.29 is 27.1 Å². The lowest BCUT2D eigenvalue weighted by atomic mass is 9.94. The number of sulfonamides is 1. The van der Waals surface area contributed by atoms with E-state index in [0.717, 1.165) is 16.8 Å². The zero-order valence-corrected chi connectivity index (χ0v) is 13.0. The van der Waals surface area contributed by atoms with Crippen molar-refractivity contribution in [2.45, 2.75) is 25.2 Å². The van der Waals surface area contributed by atoms with Crippen LogP contribution in [0.4, 0.5) is 8.78 Å². The van der Waals surface area contributed by atoms with Gasteiger partial charge >= 0.3 is 5.97 Å². The highest BCUT2D eigenvalue weighted by Crippen LogP contribution is 2.29. The number of aromatic carboxylic acids is 1. The summed E-state index contributed by atoms with van der Waals surface area (Å²) in [7, 11) is -4.20. The Labute approximate surface area is 127 Å². The van der Waals surface area contributed by atoms with E-state index in [9.17, 15) is 22.0 Å². The van der Waals surface area contributed by atoms with Crippen molar-refractivity contribution in [3.8, 4) is 0 Å². The molecule has 2 atom stereocenters. The molecule has 1 saturated heterocycles. The zero-order chi connectivity index (χ0) is 16.7. The minimum atomic E-state index is -4.20. The van der Waals surface area contributed by atoms with Gasteiger partial charge in [-0.2, -0.15) is 4.31 Å². The molecule has 1 N–H and O–H groups in total. The summed E-state index contributed by atoms with van der Waals surface area (Å²) < 4.78 is 53.9. The number of hydrogen-bond acceptors (Lipinski definition) is 3. The number of piperidine rings is 1.